The molecule has 1 amide bonds. The highest BCUT2D eigenvalue weighted by atomic mass is 35.5. The fourth-order valence-electron chi connectivity index (χ4n) is 2.41. The fourth-order valence-corrected chi connectivity index (χ4v) is 2.70. The molecule has 1 heterocycles. The van der Waals surface area contributed by atoms with Crippen LogP contribution < -0.4 is 11.1 Å². The Bertz CT molecular complexity index is 993. The summed E-state index contributed by atoms with van der Waals surface area (Å²) in [6.07, 6.45) is 3.01. The van der Waals surface area contributed by atoms with Crippen LogP contribution in [0.25, 0.3) is 17.4 Å². The number of nitrogens with one attached hydrogen (secondary N) is 1. The highest BCUT2D eigenvalue weighted by Crippen LogP contribution is 2.29. The monoisotopic (exact) mass is 386 g/mol. The minimum Gasteiger partial charge on any atom is -0.457 e. The van der Waals surface area contributed by atoms with Gasteiger partial charge in [-0.05, 0) is 67.1 Å². The number of hydrogen-bond donors (Lipinski definition) is 2. The number of anilines is 2. The predicted molar refractivity (Wildman–Crippen MR) is 107 cm³/mol. The van der Waals surface area contributed by atoms with Crippen LogP contribution in [0.2, 0.25) is 10.0 Å². The van der Waals surface area contributed by atoms with Crippen molar-refractivity contribution in [3.63, 3.8) is 0 Å². The Morgan fingerprint density at radius 1 is 1.08 bits per heavy atom. The first-order valence-corrected chi connectivity index (χ1v) is 8.58. The van der Waals surface area contributed by atoms with Gasteiger partial charge < -0.3 is 15.5 Å². The van der Waals surface area contributed by atoms with Crippen molar-refractivity contribution >= 4 is 46.6 Å². The minimum atomic E-state index is -0.259. The van der Waals surface area contributed by atoms with Gasteiger partial charge in [-0.25, -0.2) is 0 Å². The van der Waals surface area contributed by atoms with E-state index in [1.54, 1.807) is 48.5 Å². The molecule has 3 rings (SSSR count). The van der Waals surface area contributed by atoms with E-state index in [0.717, 1.165) is 11.1 Å². The number of carbonyl (C=O) groups excluding carboxylic acids is 1. The minimum absolute atomic E-state index is 0.259. The number of nitrogens with two attached hydrogens (primary N) is 1. The summed E-state index contributed by atoms with van der Waals surface area (Å²) in [6, 6.07) is 14.1. The number of aryl methyl sites for hydroxylation is 1. The third-order valence-corrected chi connectivity index (χ3v) is 4.48. The van der Waals surface area contributed by atoms with Crippen molar-refractivity contribution in [1.29, 1.82) is 0 Å². The number of halogens is 2. The molecule has 26 heavy (non-hydrogen) atoms. The second-order valence-electron chi connectivity index (χ2n) is 5.73. The Morgan fingerprint density at radius 2 is 1.88 bits per heavy atom. The van der Waals surface area contributed by atoms with Gasteiger partial charge in [0, 0.05) is 23.0 Å². The van der Waals surface area contributed by atoms with Crippen LogP contribution in [0, 0.1) is 6.92 Å². The van der Waals surface area contributed by atoms with Crippen molar-refractivity contribution in [3.8, 4) is 11.3 Å². The fraction of sp³-hybridized carbons (Fsp3) is 0.0500. The zero-order valence-corrected chi connectivity index (χ0v) is 15.4. The molecule has 0 saturated carbocycles. The second-order valence-corrected chi connectivity index (χ2v) is 6.54. The quantitative estimate of drug-likeness (QED) is 0.439. The molecular formula is C20H16Cl2N2O2. The standard InChI is InChI=1S/C20H16Cl2N2O2/c1-12-10-14(23)3-7-18(12)24-20(25)9-5-15-4-8-19(26-15)13-2-6-16(21)17(22)11-13/h2-11H,23H2,1H3,(H,24,25)/b9-5+. The average Bonchev–Trinajstić information content (AvgIpc) is 3.07. The molecule has 0 aliphatic carbocycles. The van der Waals surface area contributed by atoms with Crippen LogP contribution in [0.5, 0.6) is 0 Å². The van der Waals surface area contributed by atoms with Crippen molar-refractivity contribution in [2.24, 2.45) is 0 Å². The lowest BCUT2D eigenvalue weighted by molar-refractivity contribution is -0.111. The second kappa shape index (κ2) is 7.68. The number of furan rings is 1. The van der Waals surface area contributed by atoms with Crippen molar-refractivity contribution < 1.29 is 9.21 Å². The lowest BCUT2D eigenvalue weighted by Crippen LogP contribution is -2.09. The topological polar surface area (TPSA) is 68.3 Å². The van der Waals surface area contributed by atoms with Crippen LogP contribution in [0.1, 0.15) is 11.3 Å². The molecule has 0 aliphatic heterocycles. The molecule has 0 bridgehead atoms. The van der Waals surface area contributed by atoms with Gasteiger partial charge in [0.25, 0.3) is 0 Å². The molecule has 3 N–H and O–H groups in total. The van der Waals surface area contributed by atoms with Crippen LogP contribution in [0.4, 0.5) is 11.4 Å². The summed E-state index contributed by atoms with van der Waals surface area (Å²) in [6.45, 7) is 1.88. The number of benzene rings is 2. The third kappa shape index (κ3) is 4.28. The van der Waals surface area contributed by atoms with E-state index >= 15 is 0 Å². The number of nitrogen functional groups attached to an aromatic ring is 1. The molecule has 0 fully saturated rings. The number of carbonyl (C=O) groups is 1. The molecule has 2 aromatic carbocycles. The summed E-state index contributed by atoms with van der Waals surface area (Å²) in [5.74, 6) is 0.929. The van der Waals surface area contributed by atoms with Crippen molar-refractivity contribution in [2.75, 3.05) is 11.1 Å². The number of amides is 1. The normalized spacial score (nSPS) is 11.0. The Morgan fingerprint density at radius 3 is 2.62 bits per heavy atom. The number of hydrogen-bond acceptors (Lipinski definition) is 3. The molecular weight excluding hydrogens is 371 g/mol. The molecule has 4 nitrogen and oxygen atoms in total. The van der Waals surface area contributed by atoms with Gasteiger partial charge >= 0.3 is 0 Å². The highest BCUT2D eigenvalue weighted by molar-refractivity contribution is 6.42. The summed E-state index contributed by atoms with van der Waals surface area (Å²) < 4.78 is 5.72. The Hall–Kier alpha value is -2.69. The maximum Gasteiger partial charge on any atom is 0.248 e. The van der Waals surface area contributed by atoms with Crippen LogP contribution in [0.15, 0.2) is 59.0 Å². The molecule has 0 radical (unpaired) electrons. The smallest absolute Gasteiger partial charge is 0.248 e. The predicted octanol–water partition coefficient (Wildman–Crippen LogP) is 5.80. The molecule has 0 unspecified atom stereocenters. The summed E-state index contributed by atoms with van der Waals surface area (Å²) in [7, 11) is 0. The first-order chi connectivity index (χ1) is 12.4. The van der Waals surface area contributed by atoms with E-state index in [-0.39, 0.29) is 5.91 Å². The molecule has 0 saturated heterocycles. The van der Waals surface area contributed by atoms with E-state index in [4.69, 9.17) is 33.4 Å². The van der Waals surface area contributed by atoms with E-state index < -0.39 is 0 Å². The summed E-state index contributed by atoms with van der Waals surface area (Å²) in [4.78, 5) is 12.1. The van der Waals surface area contributed by atoms with Crippen LogP contribution >= 0.6 is 23.2 Å². The first-order valence-electron chi connectivity index (χ1n) is 7.83. The van der Waals surface area contributed by atoms with Gasteiger partial charge in [0.05, 0.1) is 10.0 Å². The van der Waals surface area contributed by atoms with Gasteiger partial charge in [0.2, 0.25) is 5.91 Å². The lowest BCUT2D eigenvalue weighted by atomic mass is 10.2. The van der Waals surface area contributed by atoms with E-state index in [1.807, 2.05) is 13.0 Å². The van der Waals surface area contributed by atoms with Gasteiger partial charge in [-0.2, -0.15) is 0 Å². The van der Waals surface area contributed by atoms with Gasteiger partial charge in [-0.15, -0.1) is 0 Å². The molecule has 0 spiro atoms. The molecule has 3 aromatic rings. The van der Waals surface area contributed by atoms with E-state index in [0.29, 0.717) is 32.9 Å². The van der Waals surface area contributed by atoms with Crippen LogP contribution in [0.3, 0.4) is 0 Å². The van der Waals surface area contributed by atoms with Crippen molar-refractivity contribution in [3.05, 3.63) is 76.0 Å². The third-order valence-electron chi connectivity index (χ3n) is 3.74. The summed E-state index contributed by atoms with van der Waals surface area (Å²) in [5, 5.41) is 3.74. The van der Waals surface area contributed by atoms with Crippen molar-refractivity contribution in [2.45, 2.75) is 6.92 Å². The molecule has 0 atom stereocenters. The van der Waals surface area contributed by atoms with Gasteiger partial charge in [-0.1, -0.05) is 23.2 Å². The molecule has 132 valence electrons. The van der Waals surface area contributed by atoms with Gasteiger partial charge in [-0.3, -0.25) is 4.79 Å². The SMILES string of the molecule is Cc1cc(N)ccc1NC(=O)/C=C/c1ccc(-c2ccc(Cl)c(Cl)c2)o1. The van der Waals surface area contributed by atoms with Crippen LogP contribution in [-0.4, -0.2) is 5.91 Å². The summed E-state index contributed by atoms with van der Waals surface area (Å²) >= 11 is 11.9. The zero-order chi connectivity index (χ0) is 18.7. The largest absolute Gasteiger partial charge is 0.457 e. The average molecular weight is 387 g/mol. The summed E-state index contributed by atoms with van der Waals surface area (Å²) in [5.41, 5.74) is 8.77. The highest BCUT2D eigenvalue weighted by Gasteiger charge is 2.07. The number of rotatable bonds is 4. The van der Waals surface area contributed by atoms with Crippen molar-refractivity contribution in [1.82, 2.24) is 0 Å². The van der Waals surface area contributed by atoms with Gasteiger partial charge in [0.1, 0.15) is 11.5 Å². The maximum atomic E-state index is 12.1. The van der Waals surface area contributed by atoms with E-state index in [2.05, 4.69) is 5.32 Å². The first kappa shape index (κ1) is 18.1. The van der Waals surface area contributed by atoms with E-state index in [1.165, 1.54) is 6.08 Å². The zero-order valence-electron chi connectivity index (χ0n) is 13.9. The van der Waals surface area contributed by atoms with E-state index in [9.17, 15) is 4.79 Å². The molecule has 1 aromatic heterocycles. The molecule has 6 heteroatoms. The lowest BCUT2D eigenvalue weighted by Gasteiger charge is -2.06. The maximum absolute atomic E-state index is 12.1. The van der Waals surface area contributed by atoms with Gasteiger partial charge in [0.15, 0.2) is 0 Å². The van der Waals surface area contributed by atoms with Crippen LogP contribution in [-0.2, 0) is 4.79 Å². The molecule has 0 aliphatic rings. The Labute approximate surface area is 161 Å². The Kier molecular flexibility index (Phi) is 5.35. The Balaban J connectivity index is 1.69.